The molecule has 28 heavy (non-hydrogen) atoms. The third-order valence-electron chi connectivity index (χ3n) is 3.83. The normalized spacial score (nSPS) is 10.2. The summed E-state index contributed by atoms with van der Waals surface area (Å²) >= 11 is 5.78. The summed E-state index contributed by atoms with van der Waals surface area (Å²) in [7, 11) is 0. The van der Waals surface area contributed by atoms with Crippen molar-refractivity contribution >= 4 is 34.8 Å². The molecule has 0 saturated heterocycles. The van der Waals surface area contributed by atoms with Crippen LogP contribution in [0, 0.1) is 10.1 Å². The fraction of sp³-hybridized carbons (Fsp3) is 0.263. The van der Waals surface area contributed by atoms with Crippen LogP contribution in [0.25, 0.3) is 0 Å². The van der Waals surface area contributed by atoms with Crippen LogP contribution >= 0.6 is 11.6 Å². The van der Waals surface area contributed by atoms with Crippen LogP contribution in [0.15, 0.2) is 48.5 Å². The molecule has 9 heteroatoms. The van der Waals surface area contributed by atoms with E-state index >= 15 is 0 Å². The molecule has 0 aromatic heterocycles. The average Bonchev–Trinajstić information content (AvgIpc) is 2.69. The number of carbonyl (C=O) groups is 2. The van der Waals surface area contributed by atoms with Crippen molar-refractivity contribution in [3.05, 3.63) is 69.2 Å². The summed E-state index contributed by atoms with van der Waals surface area (Å²) in [5.74, 6) is -0.310. The Morgan fingerprint density at radius 1 is 0.929 bits per heavy atom. The second-order valence-electron chi connectivity index (χ2n) is 5.95. The Balaban J connectivity index is 1.55. The van der Waals surface area contributed by atoms with Crippen molar-refractivity contribution < 1.29 is 14.5 Å². The number of rotatable bonds is 10. The van der Waals surface area contributed by atoms with Crippen molar-refractivity contribution in [2.75, 3.05) is 25.0 Å². The van der Waals surface area contributed by atoms with Gasteiger partial charge in [0.1, 0.15) is 0 Å². The van der Waals surface area contributed by atoms with Crippen LogP contribution < -0.4 is 16.0 Å². The van der Waals surface area contributed by atoms with Gasteiger partial charge in [-0.15, -0.1) is 0 Å². The Morgan fingerprint density at radius 3 is 2.25 bits per heavy atom. The van der Waals surface area contributed by atoms with Crippen molar-refractivity contribution in [3.8, 4) is 0 Å². The van der Waals surface area contributed by atoms with Gasteiger partial charge in [-0.3, -0.25) is 19.7 Å². The standard InChI is InChI=1S/C19H21ClN4O4/c20-15-5-3-14(4-6-15)19(26)23-11-1-2-18(25)22-13-12-21-16-7-9-17(10-8-16)24(27)28/h3-10,21H,1-2,11-13H2,(H,22,25)(H,23,26). The summed E-state index contributed by atoms with van der Waals surface area (Å²) < 4.78 is 0. The van der Waals surface area contributed by atoms with E-state index in [1.807, 2.05) is 0 Å². The molecule has 0 unspecified atom stereocenters. The van der Waals surface area contributed by atoms with Gasteiger partial charge in [0.25, 0.3) is 11.6 Å². The highest BCUT2D eigenvalue weighted by Gasteiger charge is 2.06. The number of hydrogen-bond acceptors (Lipinski definition) is 5. The lowest BCUT2D eigenvalue weighted by Gasteiger charge is -2.08. The fourth-order valence-electron chi connectivity index (χ4n) is 2.35. The van der Waals surface area contributed by atoms with Gasteiger partial charge in [0.2, 0.25) is 5.91 Å². The van der Waals surface area contributed by atoms with Crippen LogP contribution in [0.1, 0.15) is 23.2 Å². The summed E-state index contributed by atoms with van der Waals surface area (Å²) in [6.45, 7) is 1.32. The summed E-state index contributed by atoms with van der Waals surface area (Å²) in [4.78, 5) is 33.8. The minimum atomic E-state index is -0.456. The molecule has 0 heterocycles. The van der Waals surface area contributed by atoms with Gasteiger partial charge in [0, 0.05) is 54.5 Å². The maximum absolute atomic E-state index is 11.9. The van der Waals surface area contributed by atoms with Gasteiger partial charge >= 0.3 is 0 Å². The number of benzene rings is 2. The van der Waals surface area contributed by atoms with Gasteiger partial charge in [0.15, 0.2) is 0 Å². The van der Waals surface area contributed by atoms with E-state index in [4.69, 9.17) is 11.6 Å². The topological polar surface area (TPSA) is 113 Å². The Kier molecular flexibility index (Phi) is 8.23. The molecule has 0 spiro atoms. The Hall–Kier alpha value is -3.13. The first-order valence-corrected chi connectivity index (χ1v) is 9.12. The van der Waals surface area contributed by atoms with Gasteiger partial charge in [0.05, 0.1) is 4.92 Å². The molecule has 2 amide bonds. The number of non-ortho nitro benzene ring substituents is 1. The molecule has 2 aromatic carbocycles. The average molecular weight is 405 g/mol. The molecule has 8 nitrogen and oxygen atoms in total. The van der Waals surface area contributed by atoms with Crippen molar-refractivity contribution in [2.24, 2.45) is 0 Å². The van der Waals surface area contributed by atoms with Crippen LogP contribution in [-0.4, -0.2) is 36.4 Å². The van der Waals surface area contributed by atoms with Gasteiger partial charge in [-0.2, -0.15) is 0 Å². The lowest BCUT2D eigenvalue weighted by molar-refractivity contribution is -0.384. The van der Waals surface area contributed by atoms with Gasteiger partial charge in [-0.25, -0.2) is 0 Å². The molecule has 148 valence electrons. The van der Waals surface area contributed by atoms with Crippen molar-refractivity contribution in [1.82, 2.24) is 10.6 Å². The molecule has 0 aliphatic heterocycles. The number of halogens is 1. The molecule has 0 fully saturated rings. The van der Waals surface area contributed by atoms with E-state index in [9.17, 15) is 19.7 Å². The summed E-state index contributed by atoms with van der Waals surface area (Å²) in [6, 6.07) is 12.6. The van der Waals surface area contributed by atoms with Gasteiger partial charge < -0.3 is 16.0 Å². The molecule has 0 radical (unpaired) electrons. The van der Waals surface area contributed by atoms with E-state index in [1.165, 1.54) is 12.1 Å². The quantitative estimate of drug-likeness (QED) is 0.320. The molecule has 0 bridgehead atoms. The van der Waals surface area contributed by atoms with Crippen LogP contribution in [0.3, 0.4) is 0 Å². The summed E-state index contributed by atoms with van der Waals surface area (Å²) in [5.41, 5.74) is 1.29. The number of nitrogens with one attached hydrogen (secondary N) is 3. The predicted octanol–water partition coefficient (Wildman–Crippen LogP) is 2.99. The zero-order valence-corrected chi connectivity index (χ0v) is 15.9. The highest BCUT2D eigenvalue weighted by molar-refractivity contribution is 6.30. The largest absolute Gasteiger partial charge is 0.383 e. The van der Waals surface area contributed by atoms with Crippen LogP contribution in [-0.2, 0) is 4.79 Å². The first-order chi connectivity index (χ1) is 13.5. The fourth-order valence-corrected chi connectivity index (χ4v) is 2.48. The molecule has 2 rings (SSSR count). The number of nitrogens with zero attached hydrogens (tertiary/aromatic N) is 1. The first-order valence-electron chi connectivity index (χ1n) is 8.74. The maximum Gasteiger partial charge on any atom is 0.269 e. The van der Waals surface area contributed by atoms with E-state index in [1.54, 1.807) is 36.4 Å². The lowest BCUT2D eigenvalue weighted by Crippen LogP contribution is -2.30. The molecule has 3 N–H and O–H groups in total. The molecule has 2 aromatic rings. The molecule has 0 atom stereocenters. The van der Waals surface area contributed by atoms with E-state index in [2.05, 4.69) is 16.0 Å². The lowest BCUT2D eigenvalue weighted by atomic mass is 10.2. The van der Waals surface area contributed by atoms with Crippen molar-refractivity contribution in [3.63, 3.8) is 0 Å². The third-order valence-corrected chi connectivity index (χ3v) is 4.08. The monoisotopic (exact) mass is 404 g/mol. The van der Waals surface area contributed by atoms with Crippen LogP contribution in [0.4, 0.5) is 11.4 Å². The molecular formula is C19H21ClN4O4. The van der Waals surface area contributed by atoms with E-state index in [-0.39, 0.29) is 17.5 Å². The zero-order chi connectivity index (χ0) is 20.4. The van der Waals surface area contributed by atoms with Crippen LogP contribution in [0.5, 0.6) is 0 Å². The van der Waals surface area contributed by atoms with Crippen LogP contribution in [0.2, 0.25) is 5.02 Å². The Bertz CT molecular complexity index is 810. The summed E-state index contributed by atoms with van der Waals surface area (Å²) in [5, 5.41) is 19.7. The number of nitro groups is 1. The Labute approximate surface area is 167 Å². The number of carbonyl (C=O) groups excluding carboxylic acids is 2. The number of amides is 2. The second kappa shape index (κ2) is 10.9. The van der Waals surface area contributed by atoms with E-state index < -0.39 is 4.92 Å². The third kappa shape index (κ3) is 7.24. The first kappa shape index (κ1) is 21.2. The number of hydrogen-bond donors (Lipinski definition) is 3. The SMILES string of the molecule is O=C(CCCNC(=O)c1ccc(Cl)cc1)NCCNc1ccc([N+](=O)[O-])cc1. The summed E-state index contributed by atoms with van der Waals surface area (Å²) in [6.07, 6.45) is 0.833. The second-order valence-corrected chi connectivity index (χ2v) is 6.38. The number of nitro benzene ring substituents is 1. The maximum atomic E-state index is 11.9. The molecule has 0 saturated carbocycles. The molecule has 0 aliphatic carbocycles. The predicted molar refractivity (Wildman–Crippen MR) is 108 cm³/mol. The Morgan fingerprint density at radius 2 is 1.61 bits per heavy atom. The molecular weight excluding hydrogens is 384 g/mol. The van der Waals surface area contributed by atoms with Crippen molar-refractivity contribution in [1.29, 1.82) is 0 Å². The highest BCUT2D eigenvalue weighted by Crippen LogP contribution is 2.14. The zero-order valence-electron chi connectivity index (χ0n) is 15.1. The minimum Gasteiger partial charge on any atom is -0.383 e. The number of anilines is 1. The van der Waals surface area contributed by atoms with Crippen molar-refractivity contribution in [2.45, 2.75) is 12.8 Å². The highest BCUT2D eigenvalue weighted by atomic mass is 35.5. The molecule has 0 aliphatic rings. The van der Waals surface area contributed by atoms with E-state index in [0.717, 1.165) is 5.69 Å². The van der Waals surface area contributed by atoms with Gasteiger partial charge in [-0.1, -0.05) is 11.6 Å². The van der Waals surface area contributed by atoms with E-state index in [0.29, 0.717) is 43.1 Å². The van der Waals surface area contributed by atoms with Gasteiger partial charge in [-0.05, 0) is 42.8 Å². The minimum absolute atomic E-state index is 0.0296. The smallest absolute Gasteiger partial charge is 0.269 e.